The number of hydrogen-bond acceptors (Lipinski definition) is 8. The third kappa shape index (κ3) is 7.50. The van der Waals surface area contributed by atoms with Gasteiger partial charge in [-0.3, -0.25) is 19.5 Å². The molecule has 2 aromatic carbocycles. The number of carboxylic acid groups (broad SMARTS) is 1. The fourth-order valence-electron chi connectivity index (χ4n) is 6.37. The molecule has 0 aliphatic carbocycles. The van der Waals surface area contributed by atoms with Gasteiger partial charge in [-0.1, -0.05) is 47.5 Å². The van der Waals surface area contributed by atoms with Gasteiger partial charge in [-0.2, -0.15) is 0 Å². The first-order valence-corrected chi connectivity index (χ1v) is 16.8. The second-order valence-corrected chi connectivity index (χ2v) is 13.5. The molecule has 256 valence electrons. The normalized spacial score (nSPS) is 19.2. The van der Waals surface area contributed by atoms with Gasteiger partial charge in [0.05, 0.1) is 34.0 Å². The fraction of sp³-hybridized carbons (Fsp3) is 0.333. The monoisotopic (exact) mass is 706 g/mol. The minimum absolute atomic E-state index is 0.00734. The molecule has 2 saturated heterocycles. The topological polar surface area (TPSA) is 129 Å². The predicted octanol–water partition coefficient (Wildman–Crippen LogP) is 6.67. The molecule has 0 radical (unpaired) electrons. The standard InChI is InChI=1S/C36H37Cl2FN6O4/c1-36(35(47)48)12-15-45(20-36)19-23-10-13-42-34(32(23)39)44-27-5-3-4-25(30(27)37)26-11-14-41-33(31(26)38)21-6-7-22(28(16-21)49-2)17-40-18-24-8-9-29(46)43-24/h3-7,10-11,13-14,16,24,40H,8-9,12,15,17-20H2,1-2H3,(H,42,44)(H,43,46)(H,47,48)/t24-,36+/m0/s1. The molecule has 13 heteroatoms. The van der Waals surface area contributed by atoms with Gasteiger partial charge >= 0.3 is 5.97 Å². The van der Waals surface area contributed by atoms with E-state index in [4.69, 9.17) is 27.9 Å². The average molecular weight is 708 g/mol. The molecule has 0 bridgehead atoms. The molecule has 4 N–H and O–H groups in total. The Morgan fingerprint density at radius 2 is 1.92 bits per heavy atom. The minimum atomic E-state index is -0.851. The molecule has 2 aliphatic heterocycles. The summed E-state index contributed by atoms with van der Waals surface area (Å²) in [5.74, 6) is -0.616. The molecule has 2 aromatic heterocycles. The number of likely N-dealkylation sites (tertiary alicyclic amines) is 1. The van der Waals surface area contributed by atoms with E-state index in [1.165, 1.54) is 6.20 Å². The van der Waals surface area contributed by atoms with Gasteiger partial charge in [0.25, 0.3) is 0 Å². The Kier molecular flexibility index (Phi) is 10.4. The molecule has 1 amide bonds. The number of amides is 1. The van der Waals surface area contributed by atoms with Gasteiger partial charge in [-0.25, -0.2) is 9.37 Å². The molecule has 4 heterocycles. The van der Waals surface area contributed by atoms with E-state index in [1.807, 2.05) is 29.2 Å². The summed E-state index contributed by atoms with van der Waals surface area (Å²) in [5, 5.41) is 19.7. The number of nitrogens with zero attached hydrogens (tertiary/aromatic N) is 3. The number of nitrogens with one attached hydrogen (secondary N) is 3. The van der Waals surface area contributed by atoms with Gasteiger partial charge < -0.3 is 25.8 Å². The Labute approximate surface area is 294 Å². The fourth-order valence-corrected chi connectivity index (χ4v) is 6.96. The smallest absolute Gasteiger partial charge is 0.310 e. The SMILES string of the molecule is COc1cc(-c2nccc(-c3cccc(Nc4nccc(CN5CC[C@@](C)(C(=O)O)C5)c4F)c3Cl)c2Cl)ccc1CNC[C@@H]1CCC(=O)N1. The summed E-state index contributed by atoms with van der Waals surface area (Å²) < 4.78 is 21.4. The van der Waals surface area contributed by atoms with E-state index >= 15 is 4.39 Å². The predicted molar refractivity (Wildman–Crippen MR) is 188 cm³/mol. The number of carboxylic acids is 1. The van der Waals surface area contributed by atoms with Gasteiger partial charge in [0.1, 0.15) is 5.75 Å². The van der Waals surface area contributed by atoms with Crippen molar-refractivity contribution in [1.29, 1.82) is 0 Å². The van der Waals surface area contributed by atoms with Crippen LogP contribution in [-0.4, -0.2) is 64.6 Å². The first kappa shape index (κ1) is 34.6. The van der Waals surface area contributed by atoms with Gasteiger partial charge in [0.15, 0.2) is 11.6 Å². The zero-order valence-corrected chi connectivity index (χ0v) is 28.7. The molecule has 2 atom stereocenters. The third-order valence-electron chi connectivity index (χ3n) is 9.21. The Morgan fingerprint density at radius 3 is 2.65 bits per heavy atom. The Morgan fingerprint density at radius 1 is 1.12 bits per heavy atom. The van der Waals surface area contributed by atoms with E-state index in [9.17, 15) is 14.7 Å². The second kappa shape index (κ2) is 14.7. The highest BCUT2D eigenvalue weighted by molar-refractivity contribution is 6.39. The molecule has 0 unspecified atom stereocenters. The summed E-state index contributed by atoms with van der Waals surface area (Å²) >= 11 is 13.9. The number of benzene rings is 2. The Balaban J connectivity index is 1.20. The number of pyridine rings is 2. The molecule has 4 aromatic rings. The van der Waals surface area contributed by atoms with Crippen LogP contribution < -0.4 is 20.7 Å². The van der Waals surface area contributed by atoms with Crippen molar-refractivity contribution in [2.24, 2.45) is 5.41 Å². The largest absolute Gasteiger partial charge is 0.496 e. The first-order chi connectivity index (χ1) is 23.6. The van der Waals surface area contributed by atoms with E-state index in [2.05, 4.69) is 25.9 Å². The van der Waals surface area contributed by atoms with E-state index in [-0.39, 0.29) is 24.3 Å². The number of carbonyl (C=O) groups is 2. The lowest BCUT2D eigenvalue weighted by molar-refractivity contribution is -0.147. The van der Waals surface area contributed by atoms with Gasteiger partial charge in [-0.15, -0.1) is 0 Å². The molecule has 2 fully saturated rings. The maximum atomic E-state index is 15.7. The van der Waals surface area contributed by atoms with Gasteiger partial charge in [0.2, 0.25) is 5.91 Å². The van der Waals surface area contributed by atoms with Crippen LogP contribution in [-0.2, 0) is 22.7 Å². The molecular formula is C36H37Cl2FN6O4. The number of halogens is 3. The van der Waals surface area contributed by atoms with Gasteiger partial charge in [-0.05, 0) is 50.6 Å². The maximum Gasteiger partial charge on any atom is 0.310 e. The number of carbonyl (C=O) groups excluding carboxylic acids is 1. The van der Waals surface area contributed by atoms with E-state index in [0.717, 1.165) is 17.5 Å². The number of rotatable bonds is 12. The van der Waals surface area contributed by atoms with Crippen molar-refractivity contribution >= 4 is 46.6 Å². The van der Waals surface area contributed by atoms with Crippen LogP contribution in [0, 0.1) is 11.2 Å². The van der Waals surface area contributed by atoms with Crippen LogP contribution in [0.2, 0.25) is 10.0 Å². The minimum Gasteiger partial charge on any atom is -0.496 e. The number of aliphatic carboxylic acids is 1. The highest BCUT2D eigenvalue weighted by Crippen LogP contribution is 2.42. The lowest BCUT2D eigenvalue weighted by Gasteiger charge is -2.20. The van der Waals surface area contributed by atoms with Crippen molar-refractivity contribution < 1.29 is 23.8 Å². The maximum absolute atomic E-state index is 15.7. The van der Waals surface area contributed by atoms with E-state index in [0.29, 0.717) is 82.9 Å². The van der Waals surface area contributed by atoms with Crippen LogP contribution in [0.1, 0.15) is 37.3 Å². The van der Waals surface area contributed by atoms with E-state index in [1.54, 1.807) is 44.5 Å². The Bertz CT molecular complexity index is 1890. The molecule has 2 aliphatic rings. The zero-order valence-electron chi connectivity index (χ0n) is 27.2. The molecule has 0 spiro atoms. The first-order valence-electron chi connectivity index (χ1n) is 16.0. The van der Waals surface area contributed by atoms with Crippen molar-refractivity contribution in [3.8, 4) is 28.1 Å². The molecule has 10 nitrogen and oxygen atoms in total. The zero-order chi connectivity index (χ0) is 34.7. The highest BCUT2D eigenvalue weighted by Gasteiger charge is 2.40. The summed E-state index contributed by atoms with van der Waals surface area (Å²) in [7, 11) is 1.61. The van der Waals surface area contributed by atoms with Crippen LogP contribution in [0.5, 0.6) is 5.75 Å². The molecule has 49 heavy (non-hydrogen) atoms. The van der Waals surface area contributed by atoms with E-state index < -0.39 is 17.2 Å². The van der Waals surface area contributed by atoms with Crippen LogP contribution in [0.15, 0.2) is 60.9 Å². The van der Waals surface area contributed by atoms with Crippen LogP contribution in [0.25, 0.3) is 22.4 Å². The summed E-state index contributed by atoms with van der Waals surface area (Å²) in [6, 6.07) is 14.6. The number of methoxy groups -OCH3 is 1. The lowest BCUT2D eigenvalue weighted by Crippen LogP contribution is -2.35. The van der Waals surface area contributed by atoms with Crippen molar-refractivity contribution in [2.75, 3.05) is 32.1 Å². The molecular weight excluding hydrogens is 670 g/mol. The highest BCUT2D eigenvalue weighted by atomic mass is 35.5. The number of anilines is 2. The van der Waals surface area contributed by atoms with Crippen molar-refractivity contribution in [3.63, 3.8) is 0 Å². The Hall–Kier alpha value is -4.29. The third-order valence-corrected chi connectivity index (χ3v) is 10.0. The van der Waals surface area contributed by atoms with Crippen LogP contribution in [0.4, 0.5) is 15.9 Å². The summed E-state index contributed by atoms with van der Waals surface area (Å²) in [4.78, 5) is 33.9. The van der Waals surface area contributed by atoms with Gasteiger partial charge in [0, 0.05) is 78.9 Å². The lowest BCUT2D eigenvalue weighted by atomic mass is 9.90. The average Bonchev–Trinajstić information content (AvgIpc) is 3.69. The van der Waals surface area contributed by atoms with Crippen molar-refractivity contribution in [1.82, 2.24) is 25.5 Å². The molecule has 6 rings (SSSR count). The summed E-state index contributed by atoms with van der Waals surface area (Å²) in [5.41, 5.74) is 3.50. The molecule has 0 saturated carbocycles. The van der Waals surface area contributed by atoms with Crippen molar-refractivity contribution in [2.45, 2.75) is 45.3 Å². The number of ether oxygens (including phenoxy) is 1. The quantitative estimate of drug-likeness (QED) is 0.128. The number of hydrogen-bond donors (Lipinski definition) is 4. The second-order valence-electron chi connectivity index (χ2n) is 12.7. The van der Waals surface area contributed by atoms with Crippen LogP contribution >= 0.6 is 23.2 Å². The van der Waals surface area contributed by atoms with Crippen LogP contribution in [0.3, 0.4) is 0 Å². The summed E-state index contributed by atoms with van der Waals surface area (Å²) in [6.07, 6.45) is 5.05. The number of aromatic nitrogens is 2. The van der Waals surface area contributed by atoms with Crippen molar-refractivity contribution in [3.05, 3.63) is 87.9 Å². The summed E-state index contributed by atoms with van der Waals surface area (Å²) in [6.45, 7) is 4.11.